The molecule has 0 atom stereocenters. The lowest BCUT2D eigenvalue weighted by Crippen LogP contribution is -2.11. The summed E-state index contributed by atoms with van der Waals surface area (Å²) in [5, 5.41) is 35.8. The molecule has 0 aliphatic rings. The highest BCUT2D eigenvalue weighted by Crippen LogP contribution is 2.41. The smallest absolute Gasteiger partial charge is 0.270 e. The Balaban J connectivity index is 1.94. The van der Waals surface area contributed by atoms with Crippen LogP contribution in [0.3, 0.4) is 0 Å². The van der Waals surface area contributed by atoms with Crippen LogP contribution in [0.15, 0.2) is 92.8 Å². The van der Waals surface area contributed by atoms with Gasteiger partial charge in [0.2, 0.25) is 10.0 Å². The van der Waals surface area contributed by atoms with Crippen LogP contribution in [0.2, 0.25) is 0 Å². The highest BCUT2D eigenvalue weighted by atomic mass is 32.2. The van der Waals surface area contributed by atoms with Crippen LogP contribution in [0, 0.1) is 10.1 Å². The van der Waals surface area contributed by atoms with Gasteiger partial charge in [-0.2, -0.15) is 0 Å². The molecule has 0 spiro atoms. The highest BCUT2D eigenvalue weighted by molar-refractivity contribution is 7.91. The molecule has 0 bridgehead atoms. The SMILES string of the molecule is CS(=O)(=O)c1cc([N+](=O)[O-])ccc1N=Nc1ccc(O)c2cccc(-c3cccc(S(N)(=O)=O)c3)c12. The van der Waals surface area contributed by atoms with Gasteiger partial charge in [0.25, 0.3) is 5.69 Å². The summed E-state index contributed by atoms with van der Waals surface area (Å²) in [5.74, 6) is -0.0689. The number of nitrogens with zero attached hydrogens (tertiary/aromatic N) is 3. The molecule has 4 aromatic rings. The number of primary sulfonamides is 1. The Morgan fingerprint density at radius 2 is 1.56 bits per heavy atom. The number of hydrogen-bond acceptors (Lipinski definition) is 9. The van der Waals surface area contributed by atoms with Gasteiger partial charge in [-0.3, -0.25) is 10.1 Å². The Morgan fingerprint density at radius 3 is 2.22 bits per heavy atom. The summed E-state index contributed by atoms with van der Waals surface area (Å²) in [6.45, 7) is 0. The fourth-order valence-corrected chi connectivity index (χ4v) is 5.02. The number of sulfone groups is 1. The first-order valence-electron chi connectivity index (χ1n) is 10.1. The van der Waals surface area contributed by atoms with Crippen molar-refractivity contribution >= 4 is 47.7 Å². The van der Waals surface area contributed by atoms with E-state index in [2.05, 4.69) is 10.2 Å². The van der Waals surface area contributed by atoms with Gasteiger partial charge in [0, 0.05) is 29.2 Å². The van der Waals surface area contributed by atoms with E-state index in [4.69, 9.17) is 5.14 Å². The summed E-state index contributed by atoms with van der Waals surface area (Å²) in [6.07, 6.45) is 0.900. The second-order valence-electron chi connectivity index (χ2n) is 7.79. The molecule has 0 saturated heterocycles. The first-order chi connectivity index (χ1) is 16.9. The minimum Gasteiger partial charge on any atom is -0.507 e. The monoisotopic (exact) mass is 526 g/mol. The van der Waals surface area contributed by atoms with E-state index in [1.807, 2.05) is 0 Å². The van der Waals surface area contributed by atoms with Crippen molar-refractivity contribution in [2.45, 2.75) is 9.79 Å². The van der Waals surface area contributed by atoms with Crippen molar-refractivity contribution in [1.82, 2.24) is 0 Å². The molecule has 0 saturated carbocycles. The number of hydrogen-bond donors (Lipinski definition) is 2. The van der Waals surface area contributed by atoms with Gasteiger partial charge >= 0.3 is 0 Å². The second kappa shape index (κ2) is 9.11. The lowest BCUT2D eigenvalue weighted by atomic mass is 9.96. The number of phenols is 1. The molecule has 13 heteroatoms. The average Bonchev–Trinajstić information content (AvgIpc) is 2.82. The molecule has 0 aliphatic heterocycles. The number of benzene rings is 4. The molecule has 0 aliphatic carbocycles. The Labute approximate surface area is 205 Å². The summed E-state index contributed by atoms with van der Waals surface area (Å²) >= 11 is 0. The zero-order valence-corrected chi connectivity index (χ0v) is 20.2. The fraction of sp³-hybridized carbons (Fsp3) is 0.0435. The number of non-ortho nitro benzene ring substituents is 1. The van der Waals surface area contributed by atoms with Gasteiger partial charge in [-0.15, -0.1) is 10.2 Å². The molecule has 3 N–H and O–H groups in total. The van der Waals surface area contributed by atoms with Crippen molar-refractivity contribution in [3.05, 3.63) is 82.9 Å². The summed E-state index contributed by atoms with van der Waals surface area (Å²) < 4.78 is 48.2. The number of phenolic OH excluding ortho intramolecular Hbond substituents is 1. The zero-order valence-electron chi connectivity index (χ0n) is 18.6. The maximum atomic E-state index is 12.2. The van der Waals surface area contributed by atoms with Gasteiger partial charge in [-0.25, -0.2) is 22.0 Å². The van der Waals surface area contributed by atoms with Crippen LogP contribution in [-0.4, -0.2) is 33.1 Å². The molecule has 0 unspecified atom stereocenters. The van der Waals surface area contributed by atoms with Gasteiger partial charge in [0.1, 0.15) is 16.3 Å². The van der Waals surface area contributed by atoms with Crippen LogP contribution in [0.25, 0.3) is 21.9 Å². The molecule has 4 rings (SSSR count). The minimum absolute atomic E-state index is 0.0689. The third-order valence-corrected chi connectivity index (χ3v) is 7.33. The van der Waals surface area contributed by atoms with Crippen molar-refractivity contribution in [1.29, 1.82) is 0 Å². The molecule has 36 heavy (non-hydrogen) atoms. The van der Waals surface area contributed by atoms with Crippen LogP contribution in [0.5, 0.6) is 5.75 Å². The van der Waals surface area contributed by atoms with Crippen LogP contribution in [-0.2, 0) is 19.9 Å². The van der Waals surface area contributed by atoms with Crippen molar-refractivity contribution in [2.75, 3.05) is 6.26 Å². The normalized spacial score (nSPS) is 12.3. The number of nitrogens with two attached hydrogens (primary N) is 1. The van der Waals surface area contributed by atoms with Crippen LogP contribution in [0.1, 0.15) is 0 Å². The topological polar surface area (TPSA) is 182 Å². The van der Waals surface area contributed by atoms with E-state index in [-0.39, 0.29) is 26.9 Å². The first kappa shape index (κ1) is 24.9. The van der Waals surface area contributed by atoms with Gasteiger partial charge in [0.05, 0.1) is 15.5 Å². The Bertz CT molecular complexity index is 1780. The molecule has 184 valence electrons. The third-order valence-electron chi connectivity index (χ3n) is 5.29. The molecule has 0 heterocycles. The maximum Gasteiger partial charge on any atom is 0.270 e. The minimum atomic E-state index is -3.98. The zero-order chi connectivity index (χ0) is 26.3. The molecule has 0 radical (unpaired) electrons. The highest BCUT2D eigenvalue weighted by Gasteiger charge is 2.19. The fourth-order valence-electron chi connectivity index (χ4n) is 3.64. The Kier molecular flexibility index (Phi) is 6.30. The van der Waals surface area contributed by atoms with E-state index in [9.17, 15) is 32.1 Å². The van der Waals surface area contributed by atoms with E-state index in [0.717, 1.165) is 18.4 Å². The lowest BCUT2D eigenvalue weighted by molar-refractivity contribution is -0.385. The van der Waals surface area contributed by atoms with Gasteiger partial charge in [-0.05, 0) is 41.5 Å². The van der Waals surface area contributed by atoms with Crippen LogP contribution < -0.4 is 5.14 Å². The standard InChI is InChI=1S/C23H18N4O7S2/c1-35(31,32)22-13-15(27(29)30)8-9-19(22)25-26-20-10-11-21(28)18-7-3-6-17(23(18)20)14-4-2-5-16(12-14)36(24,33)34/h2-13,28H,1H3,(H2,24,33,34). The summed E-state index contributed by atoms with van der Waals surface area (Å²) in [5.41, 5.74) is 0.688. The predicted octanol–water partition coefficient (Wildman–Crippen LogP) is 4.59. The van der Waals surface area contributed by atoms with E-state index < -0.39 is 30.5 Å². The molecule has 0 fully saturated rings. The van der Waals surface area contributed by atoms with Crippen molar-refractivity contribution in [2.24, 2.45) is 15.4 Å². The number of fused-ring (bicyclic) bond motifs is 1. The Hall–Kier alpha value is -4.20. The number of rotatable bonds is 6. The number of nitro benzene ring substituents is 1. The van der Waals surface area contributed by atoms with Crippen molar-refractivity contribution < 1.29 is 26.9 Å². The third kappa shape index (κ3) is 4.93. The number of azo groups is 1. The summed E-state index contributed by atoms with van der Waals surface area (Å²) in [4.78, 5) is 9.90. The number of aromatic hydroxyl groups is 1. The number of nitro groups is 1. The van der Waals surface area contributed by atoms with Gasteiger partial charge in [-0.1, -0.05) is 30.3 Å². The largest absolute Gasteiger partial charge is 0.507 e. The Morgan fingerprint density at radius 1 is 0.889 bits per heavy atom. The van der Waals surface area contributed by atoms with E-state index in [0.29, 0.717) is 21.9 Å². The number of sulfonamides is 1. The van der Waals surface area contributed by atoms with Crippen LogP contribution >= 0.6 is 0 Å². The molecule has 0 amide bonds. The van der Waals surface area contributed by atoms with Gasteiger partial charge < -0.3 is 5.11 Å². The van der Waals surface area contributed by atoms with Crippen molar-refractivity contribution in [3.8, 4) is 16.9 Å². The molecule has 0 aromatic heterocycles. The lowest BCUT2D eigenvalue weighted by Gasteiger charge is -2.11. The van der Waals surface area contributed by atoms with Gasteiger partial charge in [0.15, 0.2) is 9.84 Å². The van der Waals surface area contributed by atoms with Crippen molar-refractivity contribution in [3.63, 3.8) is 0 Å². The molecule has 4 aromatic carbocycles. The second-order valence-corrected chi connectivity index (χ2v) is 11.3. The maximum absolute atomic E-state index is 12.2. The molecule has 11 nitrogen and oxygen atoms in total. The summed E-state index contributed by atoms with van der Waals surface area (Å²) in [6, 6.07) is 16.9. The van der Waals surface area contributed by atoms with E-state index >= 15 is 0 Å². The first-order valence-corrected chi connectivity index (χ1v) is 13.6. The predicted molar refractivity (Wildman–Crippen MR) is 133 cm³/mol. The van der Waals surface area contributed by atoms with E-state index in [1.165, 1.54) is 36.4 Å². The average molecular weight is 527 g/mol. The summed E-state index contributed by atoms with van der Waals surface area (Å²) in [7, 11) is -7.86. The van der Waals surface area contributed by atoms with Crippen LogP contribution in [0.4, 0.5) is 17.1 Å². The molecular weight excluding hydrogens is 508 g/mol. The van der Waals surface area contributed by atoms with E-state index in [1.54, 1.807) is 24.3 Å². The molecular formula is C23H18N4O7S2. The quantitative estimate of drug-likeness (QED) is 0.209.